The zero-order valence-corrected chi connectivity index (χ0v) is 15.2. The highest BCUT2D eigenvalue weighted by molar-refractivity contribution is 5.94. The van der Waals surface area contributed by atoms with Crippen LogP contribution in [0, 0.1) is 0 Å². The van der Waals surface area contributed by atoms with Gasteiger partial charge in [-0.15, -0.1) is 0 Å². The Morgan fingerprint density at radius 2 is 1.60 bits per heavy atom. The Kier molecular flexibility index (Phi) is 7.21. The molecule has 7 heteroatoms. The van der Waals surface area contributed by atoms with Gasteiger partial charge < -0.3 is 24.2 Å². The summed E-state index contributed by atoms with van der Waals surface area (Å²) in [6.07, 6.45) is 0. The van der Waals surface area contributed by atoms with Crippen molar-refractivity contribution >= 4 is 17.5 Å². The number of piperazine rings is 1. The Morgan fingerprint density at radius 1 is 1.00 bits per heavy atom. The van der Waals surface area contributed by atoms with E-state index in [4.69, 9.17) is 9.47 Å². The summed E-state index contributed by atoms with van der Waals surface area (Å²) in [7, 11) is 5.52. The number of anilines is 1. The number of carbonyl (C=O) groups excluding carboxylic acids is 2. The molecule has 0 N–H and O–H groups in total. The van der Waals surface area contributed by atoms with Crippen LogP contribution in [0.3, 0.4) is 0 Å². The number of benzene rings is 1. The van der Waals surface area contributed by atoms with Gasteiger partial charge in [0.25, 0.3) is 5.91 Å². The normalized spacial score (nSPS) is 14.5. The Bertz CT molecular complexity index is 566. The van der Waals surface area contributed by atoms with E-state index in [0.717, 1.165) is 5.69 Å². The van der Waals surface area contributed by atoms with E-state index in [2.05, 4.69) is 0 Å². The summed E-state index contributed by atoms with van der Waals surface area (Å²) in [5, 5.41) is 0. The fourth-order valence-electron chi connectivity index (χ4n) is 2.64. The highest BCUT2D eigenvalue weighted by Crippen LogP contribution is 2.15. The molecule has 2 amide bonds. The lowest BCUT2D eigenvalue weighted by atomic mass is 10.1. The minimum Gasteiger partial charge on any atom is -0.382 e. The zero-order chi connectivity index (χ0) is 18.2. The minimum atomic E-state index is -0.0430. The molecule has 1 aromatic rings. The van der Waals surface area contributed by atoms with Crippen LogP contribution in [-0.2, 0) is 14.3 Å². The minimum absolute atomic E-state index is 0.00810. The van der Waals surface area contributed by atoms with Gasteiger partial charge in [-0.3, -0.25) is 9.59 Å². The van der Waals surface area contributed by atoms with Crippen LogP contribution in [0.5, 0.6) is 0 Å². The fraction of sp³-hybridized carbons (Fsp3) is 0.556. The first-order chi connectivity index (χ1) is 12.0. The van der Waals surface area contributed by atoms with Crippen molar-refractivity contribution in [1.29, 1.82) is 0 Å². The topological polar surface area (TPSA) is 62.3 Å². The lowest BCUT2D eigenvalue weighted by Gasteiger charge is -2.34. The van der Waals surface area contributed by atoms with Crippen LogP contribution < -0.4 is 4.90 Å². The van der Waals surface area contributed by atoms with Crippen molar-refractivity contribution in [2.24, 2.45) is 0 Å². The monoisotopic (exact) mass is 349 g/mol. The van der Waals surface area contributed by atoms with E-state index in [1.54, 1.807) is 16.9 Å². The van der Waals surface area contributed by atoms with Crippen LogP contribution in [0.25, 0.3) is 0 Å². The molecule has 7 nitrogen and oxygen atoms in total. The molecule has 0 radical (unpaired) electrons. The van der Waals surface area contributed by atoms with Crippen molar-refractivity contribution in [2.45, 2.75) is 0 Å². The Labute approximate surface area is 149 Å². The van der Waals surface area contributed by atoms with Gasteiger partial charge in [-0.05, 0) is 24.3 Å². The molecule has 1 aliphatic heterocycles. The van der Waals surface area contributed by atoms with E-state index >= 15 is 0 Å². The first-order valence-electron chi connectivity index (χ1n) is 8.44. The number of hydrogen-bond donors (Lipinski definition) is 0. The summed E-state index contributed by atoms with van der Waals surface area (Å²) in [5.74, 6) is -0.0349. The van der Waals surface area contributed by atoms with Crippen molar-refractivity contribution < 1.29 is 19.1 Å². The van der Waals surface area contributed by atoms with Gasteiger partial charge in [0.1, 0.15) is 6.61 Å². The molecule has 25 heavy (non-hydrogen) atoms. The van der Waals surface area contributed by atoms with Crippen LogP contribution in [-0.4, -0.2) is 88.8 Å². The summed E-state index contributed by atoms with van der Waals surface area (Å²) in [5.41, 5.74) is 1.73. The Morgan fingerprint density at radius 3 is 2.16 bits per heavy atom. The molecular weight excluding hydrogens is 322 g/mol. The van der Waals surface area contributed by atoms with Crippen molar-refractivity contribution in [3.63, 3.8) is 0 Å². The van der Waals surface area contributed by atoms with Crippen molar-refractivity contribution in [1.82, 2.24) is 9.80 Å². The number of hydrogen-bond acceptors (Lipinski definition) is 5. The molecule has 0 atom stereocenters. The molecule has 138 valence electrons. The third-order valence-corrected chi connectivity index (χ3v) is 4.21. The number of ether oxygens (including phenoxy) is 2. The Hall–Kier alpha value is -2.12. The molecule has 1 heterocycles. The van der Waals surface area contributed by atoms with Crippen molar-refractivity contribution in [3.8, 4) is 0 Å². The maximum absolute atomic E-state index is 12.6. The molecule has 1 aromatic carbocycles. The molecule has 0 bridgehead atoms. The van der Waals surface area contributed by atoms with E-state index in [1.807, 2.05) is 43.3 Å². The lowest BCUT2D eigenvalue weighted by molar-refractivity contribution is -0.138. The molecule has 2 rings (SSSR count). The number of rotatable bonds is 7. The standard InChI is InChI=1S/C18H27N3O4/c1-19(2)16-6-4-15(5-7-16)18(23)21-10-8-20(9-11-21)17(22)14-25-13-12-24-3/h4-7H,8-14H2,1-3H3. The molecule has 0 unspecified atom stereocenters. The number of methoxy groups -OCH3 is 1. The fourth-order valence-corrected chi connectivity index (χ4v) is 2.64. The van der Waals surface area contributed by atoms with Gasteiger partial charge in [0.15, 0.2) is 0 Å². The van der Waals surface area contributed by atoms with Gasteiger partial charge in [0.05, 0.1) is 13.2 Å². The third-order valence-electron chi connectivity index (χ3n) is 4.21. The SMILES string of the molecule is COCCOCC(=O)N1CCN(C(=O)c2ccc(N(C)C)cc2)CC1. The van der Waals surface area contributed by atoms with Gasteiger partial charge in [0.2, 0.25) is 5.91 Å². The Balaban J connectivity index is 1.80. The molecule has 0 saturated carbocycles. The van der Waals surface area contributed by atoms with Crippen LogP contribution in [0.4, 0.5) is 5.69 Å². The molecule has 1 saturated heterocycles. The van der Waals surface area contributed by atoms with Crippen molar-refractivity contribution in [2.75, 3.05) is 72.1 Å². The molecular formula is C18H27N3O4. The first-order valence-corrected chi connectivity index (χ1v) is 8.44. The van der Waals surface area contributed by atoms with Crippen LogP contribution >= 0.6 is 0 Å². The first kappa shape index (κ1) is 19.2. The van der Waals surface area contributed by atoms with Gasteiger partial charge in [-0.25, -0.2) is 0 Å². The summed E-state index contributed by atoms with van der Waals surface area (Å²) in [4.78, 5) is 30.2. The highest BCUT2D eigenvalue weighted by Gasteiger charge is 2.24. The second kappa shape index (κ2) is 9.39. The summed E-state index contributed by atoms with van der Waals surface area (Å²) in [6, 6.07) is 7.56. The highest BCUT2D eigenvalue weighted by atomic mass is 16.5. The lowest BCUT2D eigenvalue weighted by Crippen LogP contribution is -2.51. The van der Waals surface area contributed by atoms with Gasteiger partial charge in [-0.2, -0.15) is 0 Å². The third kappa shape index (κ3) is 5.44. The molecule has 0 aromatic heterocycles. The number of carbonyl (C=O) groups is 2. The molecule has 0 spiro atoms. The smallest absolute Gasteiger partial charge is 0.253 e. The van der Waals surface area contributed by atoms with Crippen LogP contribution in [0.15, 0.2) is 24.3 Å². The summed E-state index contributed by atoms with van der Waals surface area (Å²) >= 11 is 0. The van der Waals surface area contributed by atoms with E-state index in [-0.39, 0.29) is 18.4 Å². The summed E-state index contributed by atoms with van der Waals surface area (Å²) < 4.78 is 10.1. The maximum Gasteiger partial charge on any atom is 0.253 e. The number of nitrogens with zero attached hydrogens (tertiary/aromatic N) is 3. The van der Waals surface area contributed by atoms with Gasteiger partial charge in [-0.1, -0.05) is 0 Å². The predicted molar refractivity (Wildman–Crippen MR) is 95.9 cm³/mol. The second-order valence-electron chi connectivity index (χ2n) is 6.16. The molecule has 0 aliphatic carbocycles. The van der Waals surface area contributed by atoms with Gasteiger partial charge in [0, 0.05) is 58.6 Å². The molecule has 1 aliphatic rings. The average molecular weight is 349 g/mol. The van der Waals surface area contributed by atoms with E-state index in [0.29, 0.717) is 45.0 Å². The van der Waals surface area contributed by atoms with E-state index in [1.165, 1.54) is 0 Å². The average Bonchev–Trinajstić information content (AvgIpc) is 2.64. The molecule has 1 fully saturated rings. The van der Waals surface area contributed by atoms with E-state index < -0.39 is 0 Å². The van der Waals surface area contributed by atoms with Crippen LogP contribution in [0.2, 0.25) is 0 Å². The predicted octanol–water partition coefficient (Wildman–Crippen LogP) is 0.700. The second-order valence-corrected chi connectivity index (χ2v) is 6.16. The quantitative estimate of drug-likeness (QED) is 0.678. The zero-order valence-electron chi connectivity index (χ0n) is 15.2. The maximum atomic E-state index is 12.6. The van der Waals surface area contributed by atoms with Gasteiger partial charge >= 0.3 is 0 Å². The largest absolute Gasteiger partial charge is 0.382 e. The number of amides is 2. The van der Waals surface area contributed by atoms with Crippen molar-refractivity contribution in [3.05, 3.63) is 29.8 Å². The summed E-state index contributed by atoms with van der Waals surface area (Å²) in [6.45, 7) is 3.09. The van der Waals surface area contributed by atoms with E-state index in [9.17, 15) is 9.59 Å². The van der Waals surface area contributed by atoms with Crippen LogP contribution in [0.1, 0.15) is 10.4 Å².